The van der Waals surface area contributed by atoms with Gasteiger partial charge in [-0.2, -0.15) is 0 Å². The highest BCUT2D eigenvalue weighted by Crippen LogP contribution is 2.35. The first-order valence-corrected chi connectivity index (χ1v) is 4.00. The molecule has 0 spiro atoms. The summed E-state index contributed by atoms with van der Waals surface area (Å²) in [6.45, 7) is 0. The van der Waals surface area contributed by atoms with Gasteiger partial charge in [0.15, 0.2) is 0 Å². The van der Waals surface area contributed by atoms with Crippen LogP contribution in [0, 0.1) is 0 Å². The van der Waals surface area contributed by atoms with Crippen LogP contribution < -0.4 is 11.3 Å². The van der Waals surface area contributed by atoms with Gasteiger partial charge in [-0.05, 0) is 25.0 Å². The number of rotatable bonds is 2. The standard InChI is InChI=1S/C8H11N3O/c9-10-8(12)7-2-1-5-11(7)6-3-4-6/h1-2,5-6H,3-4,9H2,(H,10,12). The molecule has 64 valence electrons. The van der Waals surface area contributed by atoms with E-state index in [-0.39, 0.29) is 5.91 Å². The first kappa shape index (κ1) is 7.36. The van der Waals surface area contributed by atoms with Gasteiger partial charge in [0, 0.05) is 12.2 Å². The highest BCUT2D eigenvalue weighted by molar-refractivity contribution is 5.92. The number of hydrogen-bond donors (Lipinski definition) is 2. The lowest BCUT2D eigenvalue weighted by atomic mass is 10.4. The lowest BCUT2D eigenvalue weighted by molar-refractivity contribution is 0.0944. The number of nitrogen functional groups attached to an aromatic ring is 1. The summed E-state index contributed by atoms with van der Waals surface area (Å²) >= 11 is 0. The summed E-state index contributed by atoms with van der Waals surface area (Å²) in [5, 5.41) is 0. The van der Waals surface area contributed by atoms with Crippen LogP contribution in [0.25, 0.3) is 0 Å². The zero-order valence-corrected chi connectivity index (χ0v) is 6.66. The van der Waals surface area contributed by atoms with Crippen LogP contribution in [-0.4, -0.2) is 10.5 Å². The van der Waals surface area contributed by atoms with Crippen molar-refractivity contribution in [2.24, 2.45) is 5.84 Å². The molecule has 1 fully saturated rings. The molecule has 1 heterocycles. The normalized spacial score (nSPS) is 16.1. The summed E-state index contributed by atoms with van der Waals surface area (Å²) < 4.78 is 1.97. The number of nitrogens with zero attached hydrogens (tertiary/aromatic N) is 1. The van der Waals surface area contributed by atoms with Gasteiger partial charge in [0.25, 0.3) is 5.91 Å². The molecule has 0 aromatic carbocycles. The summed E-state index contributed by atoms with van der Waals surface area (Å²) in [5.41, 5.74) is 2.78. The van der Waals surface area contributed by atoms with Crippen LogP contribution in [0.1, 0.15) is 29.4 Å². The highest BCUT2D eigenvalue weighted by atomic mass is 16.2. The second-order valence-corrected chi connectivity index (χ2v) is 3.01. The Morgan fingerprint density at radius 2 is 2.42 bits per heavy atom. The van der Waals surface area contributed by atoms with Crippen molar-refractivity contribution in [1.29, 1.82) is 0 Å². The van der Waals surface area contributed by atoms with Crippen molar-refractivity contribution in [2.45, 2.75) is 18.9 Å². The molecular weight excluding hydrogens is 154 g/mol. The monoisotopic (exact) mass is 165 g/mol. The average molecular weight is 165 g/mol. The zero-order chi connectivity index (χ0) is 8.55. The topological polar surface area (TPSA) is 60.0 Å². The Hall–Kier alpha value is -1.29. The number of aromatic nitrogens is 1. The van der Waals surface area contributed by atoms with Crippen LogP contribution >= 0.6 is 0 Å². The number of carbonyl (C=O) groups is 1. The minimum atomic E-state index is -0.216. The molecule has 1 aliphatic rings. The second-order valence-electron chi connectivity index (χ2n) is 3.01. The molecule has 1 aliphatic carbocycles. The second kappa shape index (κ2) is 2.64. The molecule has 0 atom stereocenters. The molecule has 2 rings (SSSR count). The SMILES string of the molecule is NNC(=O)c1cccn1C1CC1. The predicted octanol–water partition coefficient (Wildman–Crippen LogP) is 0.426. The van der Waals surface area contributed by atoms with E-state index in [1.807, 2.05) is 16.8 Å². The Morgan fingerprint density at radius 3 is 3.00 bits per heavy atom. The van der Waals surface area contributed by atoms with Crippen molar-refractivity contribution in [3.05, 3.63) is 24.0 Å². The van der Waals surface area contributed by atoms with Gasteiger partial charge < -0.3 is 4.57 Å². The van der Waals surface area contributed by atoms with Gasteiger partial charge in [0.1, 0.15) is 5.69 Å². The van der Waals surface area contributed by atoms with Gasteiger partial charge in [0.2, 0.25) is 0 Å². The third-order valence-electron chi connectivity index (χ3n) is 2.08. The fourth-order valence-corrected chi connectivity index (χ4v) is 1.33. The van der Waals surface area contributed by atoms with Crippen molar-refractivity contribution in [3.8, 4) is 0 Å². The Kier molecular flexibility index (Phi) is 1.62. The number of hydrazine groups is 1. The van der Waals surface area contributed by atoms with E-state index in [1.54, 1.807) is 6.07 Å². The quantitative estimate of drug-likeness (QED) is 0.379. The largest absolute Gasteiger partial charge is 0.340 e. The van der Waals surface area contributed by atoms with Gasteiger partial charge in [-0.15, -0.1) is 0 Å². The molecule has 0 radical (unpaired) electrons. The van der Waals surface area contributed by atoms with Crippen molar-refractivity contribution >= 4 is 5.91 Å². The molecule has 3 N–H and O–H groups in total. The number of nitrogens with one attached hydrogen (secondary N) is 1. The lowest BCUT2D eigenvalue weighted by Crippen LogP contribution is -2.31. The van der Waals surface area contributed by atoms with Gasteiger partial charge in [-0.3, -0.25) is 10.2 Å². The molecular formula is C8H11N3O. The Balaban J connectivity index is 2.29. The van der Waals surface area contributed by atoms with E-state index in [9.17, 15) is 4.79 Å². The van der Waals surface area contributed by atoms with E-state index in [1.165, 1.54) is 12.8 Å². The van der Waals surface area contributed by atoms with E-state index in [0.29, 0.717) is 11.7 Å². The number of amides is 1. The van der Waals surface area contributed by atoms with Gasteiger partial charge >= 0.3 is 0 Å². The lowest BCUT2D eigenvalue weighted by Gasteiger charge is -2.04. The molecule has 4 nitrogen and oxygen atoms in total. The molecule has 0 aliphatic heterocycles. The van der Waals surface area contributed by atoms with Crippen molar-refractivity contribution in [1.82, 2.24) is 9.99 Å². The van der Waals surface area contributed by atoms with Crippen molar-refractivity contribution in [3.63, 3.8) is 0 Å². The molecule has 0 unspecified atom stereocenters. The van der Waals surface area contributed by atoms with Crippen LogP contribution in [0.4, 0.5) is 0 Å². The highest BCUT2D eigenvalue weighted by Gasteiger charge is 2.26. The maximum atomic E-state index is 11.2. The maximum Gasteiger partial charge on any atom is 0.281 e. The fourth-order valence-electron chi connectivity index (χ4n) is 1.33. The molecule has 1 saturated carbocycles. The van der Waals surface area contributed by atoms with Gasteiger partial charge in [-0.25, -0.2) is 5.84 Å². The van der Waals surface area contributed by atoms with E-state index in [0.717, 1.165) is 0 Å². The van der Waals surface area contributed by atoms with Crippen molar-refractivity contribution in [2.75, 3.05) is 0 Å². The summed E-state index contributed by atoms with van der Waals surface area (Å²) in [7, 11) is 0. The van der Waals surface area contributed by atoms with Crippen LogP contribution in [0.5, 0.6) is 0 Å². The van der Waals surface area contributed by atoms with E-state index >= 15 is 0 Å². The van der Waals surface area contributed by atoms with E-state index in [2.05, 4.69) is 5.43 Å². The maximum absolute atomic E-state index is 11.2. The fraction of sp³-hybridized carbons (Fsp3) is 0.375. The molecule has 0 bridgehead atoms. The third-order valence-corrected chi connectivity index (χ3v) is 2.08. The van der Waals surface area contributed by atoms with Crippen LogP contribution in [-0.2, 0) is 0 Å². The van der Waals surface area contributed by atoms with Gasteiger partial charge in [0.05, 0.1) is 0 Å². The van der Waals surface area contributed by atoms with E-state index < -0.39 is 0 Å². The number of hydrogen-bond acceptors (Lipinski definition) is 2. The van der Waals surface area contributed by atoms with Gasteiger partial charge in [-0.1, -0.05) is 0 Å². The summed E-state index contributed by atoms with van der Waals surface area (Å²) in [5.74, 6) is 4.82. The van der Waals surface area contributed by atoms with Crippen LogP contribution in [0.15, 0.2) is 18.3 Å². The summed E-state index contributed by atoms with van der Waals surface area (Å²) in [6, 6.07) is 4.16. The van der Waals surface area contributed by atoms with Crippen molar-refractivity contribution < 1.29 is 4.79 Å². The number of nitrogens with two attached hydrogens (primary N) is 1. The molecule has 0 saturated heterocycles. The molecule has 1 amide bonds. The molecule has 4 heteroatoms. The molecule has 12 heavy (non-hydrogen) atoms. The Morgan fingerprint density at radius 1 is 1.67 bits per heavy atom. The third kappa shape index (κ3) is 1.10. The first-order valence-electron chi connectivity index (χ1n) is 4.00. The molecule has 1 aromatic heterocycles. The van der Waals surface area contributed by atoms with Crippen LogP contribution in [0.2, 0.25) is 0 Å². The molecule has 1 aromatic rings. The summed E-state index contributed by atoms with van der Waals surface area (Å²) in [4.78, 5) is 11.2. The minimum Gasteiger partial charge on any atom is -0.340 e. The summed E-state index contributed by atoms with van der Waals surface area (Å²) in [6.07, 6.45) is 4.25. The Labute approximate surface area is 70.3 Å². The van der Waals surface area contributed by atoms with E-state index in [4.69, 9.17) is 5.84 Å². The van der Waals surface area contributed by atoms with Crippen LogP contribution in [0.3, 0.4) is 0 Å². The number of carbonyl (C=O) groups excluding carboxylic acids is 1. The predicted molar refractivity (Wildman–Crippen MR) is 44.4 cm³/mol. The average Bonchev–Trinajstić information content (AvgIpc) is 2.83. The minimum absolute atomic E-state index is 0.216. The smallest absolute Gasteiger partial charge is 0.281 e. The zero-order valence-electron chi connectivity index (χ0n) is 6.66. The first-order chi connectivity index (χ1) is 5.83. The Bertz CT molecular complexity index is 301.